The van der Waals surface area contributed by atoms with E-state index >= 15 is 0 Å². The van der Waals surface area contributed by atoms with E-state index in [2.05, 4.69) is 147 Å². The standard InChI is InChI=1S/C30H29N2O.C21H23N2.Ir/c1-20(2)27-28(32-18-17-31-30(32)22-13-7-4-8-14-22)24(21-11-5-3-6-12-21)19-25-23-15-9-10-16-26(23)33-29(25)27;1-15(2)18-11-8-12-19(16(3)4)20(18)23-14-13-22-21(23)17-9-6-5-7-10-17;/h4,7-10,13,15-21H,3,5-6,11-12H2,1-2H3;5-9,11-16H,1-4H3;/q2*-1;. The van der Waals surface area contributed by atoms with Crippen molar-refractivity contribution in [2.24, 2.45) is 0 Å². The van der Waals surface area contributed by atoms with Crippen LogP contribution in [0.2, 0.25) is 0 Å². The number of para-hydroxylation sites is 2. The molecule has 0 spiro atoms. The largest absolute Gasteiger partial charge is 0.456 e. The number of furan rings is 1. The molecule has 3 heterocycles. The van der Waals surface area contributed by atoms with Gasteiger partial charge >= 0.3 is 0 Å². The average molecular weight is 929 g/mol. The molecule has 3 aromatic heterocycles. The van der Waals surface area contributed by atoms with Crippen molar-refractivity contribution in [3.8, 4) is 34.2 Å². The predicted molar refractivity (Wildman–Crippen MR) is 231 cm³/mol. The minimum Gasteiger partial charge on any atom is -0.456 e. The molecule has 9 rings (SSSR count). The van der Waals surface area contributed by atoms with Crippen molar-refractivity contribution in [3.63, 3.8) is 0 Å². The summed E-state index contributed by atoms with van der Waals surface area (Å²) in [5, 5.41) is 2.45. The first-order valence-electron chi connectivity index (χ1n) is 20.4. The molecule has 0 saturated heterocycles. The number of nitrogens with zero attached hydrogens (tertiary/aromatic N) is 4. The SMILES string of the molecule is CC(C)c1c(-n2ccnc2-c2[c-]cccc2)c(C2CCCCC2)cc2c1oc1ccccc12.CC(C)c1cccc(C(C)C)c1-n1ccnc1-c1[c-]cccc1.[Ir]. The summed E-state index contributed by atoms with van der Waals surface area (Å²) in [6.45, 7) is 13.5. The Morgan fingerprint density at radius 2 is 1.18 bits per heavy atom. The van der Waals surface area contributed by atoms with Crippen LogP contribution in [0.4, 0.5) is 0 Å². The van der Waals surface area contributed by atoms with Gasteiger partial charge in [-0.05, 0) is 65.3 Å². The van der Waals surface area contributed by atoms with Crippen molar-refractivity contribution in [2.75, 3.05) is 0 Å². The number of aromatic nitrogens is 4. The Balaban J connectivity index is 0.000000183. The molecule has 5 nitrogen and oxygen atoms in total. The molecule has 0 amide bonds. The molecule has 0 aliphatic heterocycles. The first kappa shape index (κ1) is 40.2. The van der Waals surface area contributed by atoms with Crippen LogP contribution in [0.3, 0.4) is 0 Å². The fourth-order valence-electron chi connectivity index (χ4n) is 8.65. The molecule has 6 heteroatoms. The summed E-state index contributed by atoms with van der Waals surface area (Å²) in [5.74, 6) is 3.66. The molecule has 0 unspecified atom stereocenters. The molecule has 293 valence electrons. The number of fused-ring (bicyclic) bond motifs is 3. The van der Waals surface area contributed by atoms with E-state index in [0.717, 1.165) is 33.9 Å². The van der Waals surface area contributed by atoms with E-state index in [0.29, 0.717) is 23.7 Å². The molecule has 5 aromatic carbocycles. The zero-order valence-corrected chi connectivity index (χ0v) is 36.3. The summed E-state index contributed by atoms with van der Waals surface area (Å²) in [6, 6.07) is 40.3. The van der Waals surface area contributed by atoms with Gasteiger partial charge in [0.25, 0.3) is 0 Å². The molecular weight excluding hydrogens is 877 g/mol. The topological polar surface area (TPSA) is 48.8 Å². The molecule has 0 atom stereocenters. The third kappa shape index (κ3) is 7.95. The summed E-state index contributed by atoms with van der Waals surface area (Å²) in [6.07, 6.45) is 14.4. The van der Waals surface area contributed by atoms with Gasteiger partial charge in [0.1, 0.15) is 11.2 Å². The minimum absolute atomic E-state index is 0. The number of benzene rings is 5. The van der Waals surface area contributed by atoms with Crippen LogP contribution in [0, 0.1) is 12.1 Å². The van der Waals surface area contributed by atoms with E-state index < -0.39 is 0 Å². The van der Waals surface area contributed by atoms with Crippen molar-refractivity contribution in [3.05, 3.63) is 156 Å². The van der Waals surface area contributed by atoms with E-state index in [1.165, 1.54) is 76.5 Å². The number of hydrogen-bond acceptors (Lipinski definition) is 3. The first-order chi connectivity index (χ1) is 27.3. The molecule has 1 aliphatic rings. The Labute approximate surface area is 351 Å². The minimum atomic E-state index is 0. The summed E-state index contributed by atoms with van der Waals surface area (Å²) in [7, 11) is 0. The molecule has 1 fully saturated rings. The van der Waals surface area contributed by atoms with Crippen molar-refractivity contribution < 1.29 is 24.5 Å². The summed E-state index contributed by atoms with van der Waals surface area (Å²) in [4.78, 5) is 9.37. The normalized spacial score (nSPS) is 13.4. The van der Waals surface area contributed by atoms with Crippen LogP contribution in [0.5, 0.6) is 0 Å². The number of hydrogen-bond donors (Lipinski definition) is 0. The van der Waals surface area contributed by atoms with Gasteiger partial charge in [-0.15, -0.1) is 71.8 Å². The van der Waals surface area contributed by atoms with Crippen molar-refractivity contribution in [2.45, 2.75) is 97.3 Å². The number of imidazole rings is 2. The van der Waals surface area contributed by atoms with Gasteiger partial charge < -0.3 is 13.6 Å². The van der Waals surface area contributed by atoms with Crippen molar-refractivity contribution in [1.29, 1.82) is 0 Å². The van der Waals surface area contributed by atoms with E-state index in [9.17, 15) is 0 Å². The molecule has 8 aromatic rings. The second-order valence-corrected chi connectivity index (χ2v) is 16.1. The summed E-state index contributed by atoms with van der Waals surface area (Å²) in [5.41, 5.74) is 11.9. The molecule has 1 radical (unpaired) electrons. The van der Waals surface area contributed by atoms with E-state index in [4.69, 9.17) is 9.40 Å². The second kappa shape index (κ2) is 17.6. The maximum absolute atomic E-state index is 6.53. The smallest absolute Gasteiger partial charge is 0.140 e. The van der Waals surface area contributed by atoms with E-state index in [1.807, 2.05) is 42.7 Å². The second-order valence-electron chi connectivity index (χ2n) is 16.1. The van der Waals surface area contributed by atoms with Crippen LogP contribution in [-0.2, 0) is 20.1 Å². The van der Waals surface area contributed by atoms with Gasteiger partial charge in [-0.2, -0.15) is 0 Å². The fourth-order valence-corrected chi connectivity index (χ4v) is 8.65. The van der Waals surface area contributed by atoms with Crippen LogP contribution < -0.4 is 0 Å². The third-order valence-electron chi connectivity index (χ3n) is 11.3. The summed E-state index contributed by atoms with van der Waals surface area (Å²) < 4.78 is 11.0. The quantitative estimate of drug-likeness (QED) is 0.143. The third-order valence-corrected chi connectivity index (χ3v) is 11.3. The Morgan fingerprint density at radius 1 is 0.614 bits per heavy atom. The van der Waals surface area contributed by atoms with Gasteiger partial charge in [-0.25, -0.2) is 0 Å². The van der Waals surface area contributed by atoms with Crippen LogP contribution in [0.25, 0.3) is 56.1 Å². The van der Waals surface area contributed by atoms with E-state index in [-0.39, 0.29) is 20.1 Å². The maximum Gasteiger partial charge on any atom is 0.140 e. The Bertz CT molecular complexity index is 2530. The maximum atomic E-state index is 6.53. The molecule has 57 heavy (non-hydrogen) atoms. The molecule has 1 aliphatic carbocycles. The zero-order valence-electron chi connectivity index (χ0n) is 33.9. The van der Waals surface area contributed by atoms with Crippen LogP contribution in [0.1, 0.15) is 120 Å². The van der Waals surface area contributed by atoms with Crippen LogP contribution in [-0.4, -0.2) is 19.1 Å². The zero-order chi connectivity index (χ0) is 38.8. The van der Waals surface area contributed by atoms with Gasteiger partial charge in [0, 0.05) is 72.6 Å². The Morgan fingerprint density at radius 3 is 1.72 bits per heavy atom. The first-order valence-corrected chi connectivity index (χ1v) is 20.4. The molecule has 0 bridgehead atoms. The number of rotatable bonds is 8. The van der Waals surface area contributed by atoms with Crippen LogP contribution >= 0.6 is 0 Å². The Hall–Kier alpha value is -5.03. The monoisotopic (exact) mass is 929 g/mol. The van der Waals surface area contributed by atoms with Gasteiger partial charge in [0.15, 0.2) is 0 Å². The van der Waals surface area contributed by atoms with Gasteiger partial charge in [0.05, 0.1) is 11.6 Å². The molecule has 1 saturated carbocycles. The van der Waals surface area contributed by atoms with Gasteiger partial charge in [-0.3, -0.25) is 9.97 Å². The fraction of sp³-hybridized carbons (Fsp3) is 0.294. The van der Waals surface area contributed by atoms with Crippen molar-refractivity contribution in [1.82, 2.24) is 19.1 Å². The van der Waals surface area contributed by atoms with Crippen molar-refractivity contribution >= 4 is 21.9 Å². The molecule has 0 N–H and O–H groups in total. The average Bonchev–Trinajstić information content (AvgIpc) is 4.00. The van der Waals surface area contributed by atoms with Gasteiger partial charge in [-0.1, -0.05) is 97.2 Å². The summed E-state index contributed by atoms with van der Waals surface area (Å²) >= 11 is 0. The van der Waals surface area contributed by atoms with Crippen LogP contribution in [0.15, 0.2) is 126 Å². The molecular formula is C51H52IrN4O-2. The Kier molecular flexibility index (Phi) is 12.4. The van der Waals surface area contributed by atoms with Gasteiger partial charge in [0.2, 0.25) is 0 Å². The van der Waals surface area contributed by atoms with E-state index in [1.54, 1.807) is 0 Å². The predicted octanol–water partition coefficient (Wildman–Crippen LogP) is 14.0.